The highest BCUT2D eigenvalue weighted by Gasteiger charge is 2.45. The molecular formula is C14H23N2O12P3. The first-order chi connectivity index (χ1) is 14.7. The van der Waals surface area contributed by atoms with Gasteiger partial charge in [0.05, 0.1) is 12.2 Å². The number of aliphatic hydroxyl groups is 2. The number of nitrogens with zero attached hydrogens (tertiary/aromatic N) is 1. The fourth-order valence-electron chi connectivity index (χ4n) is 3.60. The average Bonchev–Trinajstić information content (AvgIpc) is 3.30. The third-order valence-corrected chi connectivity index (χ3v) is 7.64. The Balaban J connectivity index is 1.66. The van der Waals surface area contributed by atoms with Gasteiger partial charge in [-0.05, 0) is 12.8 Å². The van der Waals surface area contributed by atoms with E-state index < -0.39 is 68.1 Å². The van der Waals surface area contributed by atoms with E-state index in [9.17, 15) is 29.6 Å². The molecule has 14 nitrogen and oxygen atoms in total. The van der Waals surface area contributed by atoms with Gasteiger partial charge in [-0.15, -0.1) is 0 Å². The molecule has 0 spiro atoms. The number of aromatic nitrogens is 2. The lowest BCUT2D eigenvalue weighted by Gasteiger charge is -2.18. The highest BCUT2D eigenvalue weighted by atomic mass is 31.3. The first kappa shape index (κ1) is 25.2. The molecule has 3 rings (SSSR count). The van der Waals surface area contributed by atoms with E-state index >= 15 is 0 Å². The van der Waals surface area contributed by atoms with Gasteiger partial charge in [-0.25, -0.2) is 13.4 Å². The Bertz CT molecular complexity index is 847. The van der Waals surface area contributed by atoms with Gasteiger partial charge in [0.25, 0.3) is 5.56 Å². The quantitative estimate of drug-likeness (QED) is 0.212. The molecule has 2 fully saturated rings. The van der Waals surface area contributed by atoms with Crippen LogP contribution in [0.4, 0.5) is 0 Å². The monoisotopic (exact) mass is 504 g/mol. The molecule has 6 unspecified atom stereocenters. The summed E-state index contributed by atoms with van der Waals surface area (Å²) in [4.78, 5) is 62.7. The van der Waals surface area contributed by atoms with Gasteiger partial charge in [-0.1, -0.05) is 12.8 Å². The molecule has 2 aliphatic rings. The van der Waals surface area contributed by atoms with Gasteiger partial charge in [-0.3, -0.25) is 14.3 Å². The number of H-pyrrole nitrogens is 1. The number of hydrogen-bond acceptors (Lipinski definition) is 12. The molecule has 0 aromatic carbocycles. The molecule has 17 heteroatoms. The van der Waals surface area contributed by atoms with Gasteiger partial charge < -0.3 is 39.0 Å². The molecule has 1 aliphatic heterocycles. The number of aliphatic hydroxyl groups excluding tert-OH is 2. The highest BCUT2D eigenvalue weighted by Crippen LogP contribution is 2.55. The molecule has 0 amide bonds. The molecule has 7 N–H and O–H groups in total. The van der Waals surface area contributed by atoms with Gasteiger partial charge in [0, 0.05) is 12.2 Å². The molecule has 1 saturated heterocycles. The summed E-state index contributed by atoms with van der Waals surface area (Å²) in [5.41, 5.74) is -1.35. The Hall–Kier alpha value is -0.430. The Morgan fingerprint density at radius 2 is 1.74 bits per heavy atom. The van der Waals surface area contributed by atoms with Crippen molar-refractivity contribution in [3.63, 3.8) is 0 Å². The zero-order valence-corrected chi connectivity index (χ0v) is 18.6. The normalized spacial score (nSPS) is 29.0. The van der Waals surface area contributed by atoms with Crippen molar-refractivity contribution < 1.29 is 47.7 Å². The molecular weight excluding hydrogens is 481 g/mol. The van der Waals surface area contributed by atoms with Crippen LogP contribution in [0.25, 0.3) is 0 Å². The van der Waals surface area contributed by atoms with Crippen LogP contribution >= 0.6 is 25.8 Å². The zero-order chi connectivity index (χ0) is 22.7. The van der Waals surface area contributed by atoms with E-state index in [-0.39, 0.29) is 11.6 Å². The molecule has 1 aliphatic carbocycles. The Morgan fingerprint density at radius 3 is 2.39 bits per heavy atom. The van der Waals surface area contributed by atoms with Gasteiger partial charge >= 0.3 is 31.5 Å². The molecule has 1 aromatic heterocycles. The maximum Gasteiger partial charge on any atom is 0.344 e. The maximum atomic E-state index is 12.3. The first-order valence-electron chi connectivity index (χ1n) is 9.19. The lowest BCUT2D eigenvalue weighted by atomic mass is 10.0. The summed E-state index contributed by atoms with van der Waals surface area (Å²) in [5.74, 6) is 0. The molecule has 31 heavy (non-hydrogen) atoms. The smallest absolute Gasteiger partial charge is 0.344 e. The number of aromatic amines is 1. The van der Waals surface area contributed by atoms with Crippen LogP contribution in [0, 0.1) is 0 Å². The van der Waals surface area contributed by atoms with E-state index in [0.29, 0.717) is 0 Å². The van der Waals surface area contributed by atoms with Gasteiger partial charge in [-0.2, -0.15) is 0 Å². The summed E-state index contributed by atoms with van der Waals surface area (Å²) < 4.78 is 20.5. The Morgan fingerprint density at radius 1 is 1.06 bits per heavy atom. The molecule has 0 bridgehead atoms. The maximum absolute atomic E-state index is 12.3. The van der Waals surface area contributed by atoms with Crippen LogP contribution in [0.2, 0.25) is 0 Å². The first-order valence-corrected chi connectivity index (χ1v) is 12.6. The van der Waals surface area contributed by atoms with Gasteiger partial charge in [0.2, 0.25) is 0 Å². The number of ether oxygens (including phenoxy) is 1. The molecule has 2 heterocycles. The van der Waals surface area contributed by atoms with Crippen molar-refractivity contribution >= 4 is 25.8 Å². The molecule has 1 aromatic rings. The van der Waals surface area contributed by atoms with E-state index in [1.165, 1.54) is 10.8 Å². The van der Waals surface area contributed by atoms with Crippen molar-refractivity contribution in [2.45, 2.75) is 56.1 Å². The van der Waals surface area contributed by atoms with Gasteiger partial charge in [0.15, 0.2) is 0 Å². The van der Waals surface area contributed by atoms with Crippen molar-refractivity contribution in [3.05, 3.63) is 32.6 Å². The van der Waals surface area contributed by atoms with E-state index in [4.69, 9.17) is 19.0 Å². The van der Waals surface area contributed by atoms with E-state index in [0.717, 1.165) is 25.7 Å². The number of rotatable bonds is 9. The standard InChI is InChI=1S/C14H23N2O12P3/c17-10-9(6-25-30(23)28-31(24)27-29(21)22)26-12(11(10)18)8-5-16(7-3-1-2-4-7)14(20)15-13(8)19/h5,7,9-12,17-18,21-24H,1-4,6H2,(H,15,19,20). The Labute approximate surface area is 179 Å². The van der Waals surface area contributed by atoms with Crippen LogP contribution in [-0.4, -0.2) is 64.3 Å². The van der Waals surface area contributed by atoms with Crippen molar-refractivity contribution in [3.8, 4) is 0 Å². The second-order valence-electron chi connectivity index (χ2n) is 6.95. The second kappa shape index (κ2) is 11.1. The minimum absolute atomic E-state index is 0.0328. The van der Waals surface area contributed by atoms with Crippen molar-refractivity contribution in [1.29, 1.82) is 0 Å². The molecule has 0 radical (unpaired) electrons. The highest BCUT2D eigenvalue weighted by molar-refractivity contribution is 7.60. The van der Waals surface area contributed by atoms with Crippen molar-refractivity contribution in [2.75, 3.05) is 6.61 Å². The SMILES string of the molecule is O=c1[nH]c(=O)n(C2CCCC2)cc1C1OC(COP(O)OP(O)OP(O)O)C(O)C1O. The van der Waals surface area contributed by atoms with E-state index in [2.05, 4.69) is 13.6 Å². The predicted octanol–water partition coefficient (Wildman–Crippen LogP) is -0.487. The lowest BCUT2D eigenvalue weighted by molar-refractivity contribution is -0.0193. The average molecular weight is 504 g/mol. The lowest BCUT2D eigenvalue weighted by Crippen LogP contribution is -2.37. The molecule has 1 saturated carbocycles. The second-order valence-corrected chi connectivity index (χ2v) is 9.97. The predicted molar refractivity (Wildman–Crippen MR) is 106 cm³/mol. The van der Waals surface area contributed by atoms with Crippen molar-refractivity contribution in [1.82, 2.24) is 9.55 Å². The topological polar surface area (TPSA) is 213 Å². The molecule has 6 atom stereocenters. The Kier molecular flexibility index (Phi) is 9.05. The van der Waals surface area contributed by atoms with Crippen LogP contribution in [-0.2, 0) is 17.9 Å². The summed E-state index contributed by atoms with van der Waals surface area (Å²) in [5, 5.41) is 20.6. The van der Waals surface area contributed by atoms with Crippen LogP contribution in [0.15, 0.2) is 15.8 Å². The van der Waals surface area contributed by atoms with Gasteiger partial charge in [0.1, 0.15) is 24.4 Å². The number of hydrogen-bond donors (Lipinski definition) is 7. The third kappa shape index (κ3) is 6.33. The summed E-state index contributed by atoms with van der Waals surface area (Å²) in [7, 11) is -8.45. The largest absolute Gasteiger partial charge is 0.387 e. The van der Waals surface area contributed by atoms with Crippen LogP contribution in [0.5, 0.6) is 0 Å². The zero-order valence-electron chi connectivity index (χ0n) is 15.9. The van der Waals surface area contributed by atoms with Crippen LogP contribution in [0.3, 0.4) is 0 Å². The minimum atomic E-state index is -2.90. The van der Waals surface area contributed by atoms with E-state index in [1.807, 2.05) is 0 Å². The van der Waals surface area contributed by atoms with Crippen LogP contribution in [0.1, 0.15) is 43.4 Å². The van der Waals surface area contributed by atoms with E-state index in [1.54, 1.807) is 0 Å². The summed E-state index contributed by atoms with van der Waals surface area (Å²) in [6.45, 7) is -0.493. The molecule has 176 valence electrons. The third-order valence-electron chi connectivity index (χ3n) is 5.01. The van der Waals surface area contributed by atoms with Crippen molar-refractivity contribution in [2.24, 2.45) is 0 Å². The summed E-state index contributed by atoms with van der Waals surface area (Å²) in [6.07, 6.45) is -0.622. The van der Waals surface area contributed by atoms with Crippen LogP contribution < -0.4 is 11.2 Å². The summed E-state index contributed by atoms with van der Waals surface area (Å²) in [6, 6.07) is -0.0738. The minimum Gasteiger partial charge on any atom is -0.387 e. The summed E-state index contributed by atoms with van der Waals surface area (Å²) >= 11 is 0. The fraction of sp³-hybridized carbons (Fsp3) is 0.714. The number of nitrogens with one attached hydrogen (secondary N) is 1. The fourth-order valence-corrected chi connectivity index (χ4v) is 5.43.